The van der Waals surface area contributed by atoms with Gasteiger partial charge in [-0.3, -0.25) is 4.79 Å². The second-order valence-electron chi connectivity index (χ2n) is 2.62. The lowest BCUT2D eigenvalue weighted by Gasteiger charge is -1.99. The zero-order valence-corrected chi connectivity index (χ0v) is 7.62. The minimum absolute atomic E-state index is 0.0823. The van der Waals surface area contributed by atoms with Crippen LogP contribution in [0.1, 0.15) is 6.42 Å². The van der Waals surface area contributed by atoms with Gasteiger partial charge in [0.25, 0.3) is 0 Å². The molecule has 0 heterocycles. The van der Waals surface area contributed by atoms with Crippen LogP contribution in [0.4, 0.5) is 0 Å². The number of hydrogen-bond acceptors (Lipinski definition) is 2. The number of carbonyl (C=O) groups is 1. The summed E-state index contributed by atoms with van der Waals surface area (Å²) >= 11 is 0. The van der Waals surface area contributed by atoms with Crippen molar-refractivity contribution in [1.82, 2.24) is 0 Å². The number of rotatable bonds is 3. The van der Waals surface area contributed by atoms with Gasteiger partial charge in [-0.25, -0.2) is 0 Å². The molecule has 2 nitrogen and oxygen atoms in total. The number of hydrogen-bond donors (Lipinski definition) is 0. The molecule has 0 bridgehead atoms. The lowest BCUT2D eigenvalue weighted by Crippen LogP contribution is -1.95. The average Bonchev–Trinajstić information content (AvgIpc) is 2.41. The third-order valence-corrected chi connectivity index (χ3v) is 1.76. The van der Waals surface area contributed by atoms with E-state index in [-0.39, 0.29) is 5.78 Å². The van der Waals surface area contributed by atoms with Gasteiger partial charge in [0.2, 0.25) is 0 Å². The van der Waals surface area contributed by atoms with Crippen LogP contribution in [-0.2, 0) is 9.53 Å². The smallest absolute Gasteiger partial charge is 0.185 e. The van der Waals surface area contributed by atoms with Crippen molar-refractivity contribution in [3.8, 4) is 0 Å². The molecule has 0 aromatic carbocycles. The molecule has 0 aliphatic heterocycles. The van der Waals surface area contributed by atoms with Crippen LogP contribution < -0.4 is 0 Å². The standard InChI is InChI=1S/C11H12O2/c1-3-11(12)9-6-4-5-7-10(8-9)13-2/h3-4,6-8H,1,5H2,2H3. The molecule has 2 heteroatoms. The molecule has 1 rings (SSSR count). The fraction of sp³-hybridized carbons (Fsp3) is 0.182. The molecule has 0 fully saturated rings. The highest BCUT2D eigenvalue weighted by Gasteiger charge is 2.04. The molecule has 0 N–H and O–H groups in total. The van der Waals surface area contributed by atoms with Gasteiger partial charge in [-0.05, 0) is 24.6 Å². The monoisotopic (exact) mass is 176 g/mol. The highest BCUT2D eigenvalue weighted by Crippen LogP contribution is 2.12. The summed E-state index contributed by atoms with van der Waals surface area (Å²) in [5.74, 6) is 0.635. The second kappa shape index (κ2) is 4.45. The Bertz CT molecular complexity index is 306. The van der Waals surface area contributed by atoms with Crippen molar-refractivity contribution in [2.24, 2.45) is 0 Å². The van der Waals surface area contributed by atoms with Crippen molar-refractivity contribution in [2.75, 3.05) is 7.11 Å². The summed E-state index contributed by atoms with van der Waals surface area (Å²) in [5, 5.41) is 0. The molecule has 13 heavy (non-hydrogen) atoms. The molecule has 0 radical (unpaired) electrons. The first-order chi connectivity index (χ1) is 6.27. The van der Waals surface area contributed by atoms with E-state index < -0.39 is 0 Å². The fourth-order valence-corrected chi connectivity index (χ4v) is 1.05. The Morgan fingerprint density at radius 3 is 3.08 bits per heavy atom. The third-order valence-electron chi connectivity index (χ3n) is 1.76. The third kappa shape index (κ3) is 2.44. The van der Waals surface area contributed by atoms with Crippen LogP contribution >= 0.6 is 0 Å². The number of ketones is 1. The Morgan fingerprint density at radius 2 is 2.46 bits per heavy atom. The van der Waals surface area contributed by atoms with E-state index in [4.69, 9.17) is 4.74 Å². The van der Waals surface area contributed by atoms with Gasteiger partial charge in [0.1, 0.15) is 5.76 Å². The van der Waals surface area contributed by atoms with Crippen molar-refractivity contribution in [3.63, 3.8) is 0 Å². The molecular weight excluding hydrogens is 164 g/mol. The predicted octanol–water partition coefficient (Wildman–Crippen LogP) is 2.16. The van der Waals surface area contributed by atoms with Crippen molar-refractivity contribution >= 4 is 5.78 Å². The molecule has 0 saturated carbocycles. The Kier molecular flexibility index (Phi) is 3.26. The van der Waals surface area contributed by atoms with Crippen LogP contribution in [0.25, 0.3) is 0 Å². The van der Waals surface area contributed by atoms with Gasteiger partial charge in [-0.1, -0.05) is 18.7 Å². The molecule has 0 spiro atoms. The highest BCUT2D eigenvalue weighted by atomic mass is 16.5. The van der Waals surface area contributed by atoms with E-state index in [0.717, 1.165) is 12.2 Å². The number of carbonyl (C=O) groups excluding carboxylic acids is 1. The largest absolute Gasteiger partial charge is 0.497 e. The summed E-state index contributed by atoms with van der Waals surface area (Å²) in [7, 11) is 1.59. The van der Waals surface area contributed by atoms with Gasteiger partial charge in [0.05, 0.1) is 7.11 Å². The minimum Gasteiger partial charge on any atom is -0.497 e. The summed E-state index contributed by atoms with van der Waals surface area (Å²) in [6.07, 6.45) is 9.42. The van der Waals surface area contributed by atoms with Gasteiger partial charge in [0.15, 0.2) is 5.78 Å². The lowest BCUT2D eigenvalue weighted by atomic mass is 10.1. The number of methoxy groups -OCH3 is 1. The average molecular weight is 176 g/mol. The van der Waals surface area contributed by atoms with Crippen molar-refractivity contribution < 1.29 is 9.53 Å². The number of ether oxygens (including phenoxy) is 1. The van der Waals surface area contributed by atoms with E-state index in [2.05, 4.69) is 6.58 Å². The van der Waals surface area contributed by atoms with Gasteiger partial charge in [-0.15, -0.1) is 0 Å². The molecule has 0 unspecified atom stereocenters. The summed E-state index contributed by atoms with van der Waals surface area (Å²) in [4.78, 5) is 11.3. The second-order valence-corrected chi connectivity index (χ2v) is 2.62. The van der Waals surface area contributed by atoms with Gasteiger partial charge in [0, 0.05) is 5.57 Å². The van der Waals surface area contributed by atoms with E-state index in [9.17, 15) is 4.79 Å². The van der Waals surface area contributed by atoms with Gasteiger partial charge >= 0.3 is 0 Å². The van der Waals surface area contributed by atoms with Crippen molar-refractivity contribution in [3.05, 3.63) is 48.3 Å². The quantitative estimate of drug-likeness (QED) is 0.616. The summed E-state index contributed by atoms with van der Waals surface area (Å²) in [5.41, 5.74) is 0.612. The van der Waals surface area contributed by atoms with Crippen LogP contribution in [-0.4, -0.2) is 12.9 Å². The maximum atomic E-state index is 11.3. The zero-order chi connectivity index (χ0) is 9.68. The molecule has 1 aliphatic carbocycles. The minimum atomic E-state index is -0.0823. The molecule has 68 valence electrons. The first-order valence-electron chi connectivity index (χ1n) is 4.07. The molecule has 0 aromatic heterocycles. The zero-order valence-electron chi connectivity index (χ0n) is 7.62. The van der Waals surface area contributed by atoms with E-state index in [0.29, 0.717) is 5.57 Å². The topological polar surface area (TPSA) is 26.3 Å². The van der Waals surface area contributed by atoms with Crippen LogP contribution in [0.2, 0.25) is 0 Å². The van der Waals surface area contributed by atoms with Crippen LogP contribution in [0.3, 0.4) is 0 Å². The SMILES string of the molecule is C=CC(=O)C1=CC(OC)=CCC=C1. The highest BCUT2D eigenvalue weighted by molar-refractivity contribution is 6.06. The predicted molar refractivity (Wildman–Crippen MR) is 52.1 cm³/mol. The van der Waals surface area contributed by atoms with E-state index in [1.807, 2.05) is 12.2 Å². The molecule has 0 saturated heterocycles. The van der Waals surface area contributed by atoms with Crippen molar-refractivity contribution in [2.45, 2.75) is 6.42 Å². The van der Waals surface area contributed by atoms with E-state index >= 15 is 0 Å². The van der Waals surface area contributed by atoms with Gasteiger partial charge in [-0.2, -0.15) is 0 Å². The number of allylic oxidation sites excluding steroid dienone is 6. The van der Waals surface area contributed by atoms with Crippen LogP contribution in [0.5, 0.6) is 0 Å². The maximum Gasteiger partial charge on any atom is 0.185 e. The first-order valence-corrected chi connectivity index (χ1v) is 4.07. The molecular formula is C11H12O2. The van der Waals surface area contributed by atoms with Crippen LogP contribution in [0.15, 0.2) is 48.3 Å². The normalized spacial score (nSPS) is 15.5. The van der Waals surface area contributed by atoms with Crippen molar-refractivity contribution in [1.29, 1.82) is 0 Å². The Balaban J connectivity index is 2.94. The summed E-state index contributed by atoms with van der Waals surface area (Å²) in [6, 6.07) is 0. The maximum absolute atomic E-state index is 11.3. The Labute approximate surface area is 77.9 Å². The molecule has 0 aromatic rings. The first kappa shape index (κ1) is 9.52. The molecule has 0 amide bonds. The lowest BCUT2D eigenvalue weighted by molar-refractivity contribution is -0.111. The summed E-state index contributed by atoms with van der Waals surface area (Å²) in [6.45, 7) is 3.43. The van der Waals surface area contributed by atoms with Gasteiger partial charge < -0.3 is 4.74 Å². The molecule has 1 aliphatic rings. The van der Waals surface area contributed by atoms with E-state index in [1.165, 1.54) is 6.08 Å². The fourth-order valence-electron chi connectivity index (χ4n) is 1.05. The summed E-state index contributed by atoms with van der Waals surface area (Å²) < 4.78 is 5.05. The Hall–Kier alpha value is -1.57. The Morgan fingerprint density at radius 1 is 1.69 bits per heavy atom. The van der Waals surface area contributed by atoms with E-state index in [1.54, 1.807) is 19.3 Å². The van der Waals surface area contributed by atoms with Crippen LogP contribution in [0, 0.1) is 0 Å². The molecule has 0 atom stereocenters.